The van der Waals surface area contributed by atoms with Gasteiger partial charge in [-0.15, -0.1) is 0 Å². The number of carbonyl (C=O) groups excluding carboxylic acids is 2. The summed E-state index contributed by atoms with van der Waals surface area (Å²) in [6, 6.07) is -0.626. The zero-order chi connectivity index (χ0) is 62.8. The number of hydrogen-bond acceptors (Lipinski definition) is 5. The zero-order valence-electron chi connectivity index (χ0n) is 59.3. The number of hydrogen-bond donors (Lipinski definition) is 3. The lowest BCUT2D eigenvalue weighted by atomic mass is 10.0. The number of nitrogens with one attached hydrogen (secondary N) is 1. The Labute approximate surface area is 545 Å². The molecular weight excluding hydrogens is 1070 g/mol. The van der Waals surface area contributed by atoms with Crippen molar-refractivity contribution in [3.05, 3.63) is 24.3 Å². The van der Waals surface area contributed by atoms with E-state index >= 15 is 0 Å². The Hall–Kier alpha value is -1.66. The van der Waals surface area contributed by atoms with E-state index in [-0.39, 0.29) is 18.5 Å². The van der Waals surface area contributed by atoms with Crippen LogP contribution in [0.1, 0.15) is 457 Å². The standard InChI is InChI=1S/C81H157NO5/c1-3-5-7-9-11-13-15-17-18-19-20-38-41-44-47-50-53-57-61-65-69-73-79(84)78(77-83)82-80(85)74-70-66-62-58-54-51-48-45-42-39-36-34-32-30-28-26-24-22-21-23-25-27-29-31-33-35-37-40-43-46-49-52-56-60-64-68-72-76-87-81(86)75-71-67-63-59-55-16-14-12-10-8-6-4-2/h21,23,69,73,78-79,83-84H,3-20,22,24-68,70-72,74-77H2,1-2H3,(H,82,85)/b23-21-,73-69+. The average Bonchev–Trinajstić information content (AvgIpc) is 3.53. The predicted molar refractivity (Wildman–Crippen MR) is 384 cm³/mol. The SMILES string of the molecule is CCCCCCCCCCCCCCCCCCCCC/C=C/C(O)C(CO)NC(=O)CCCCCCCCCCCCCCCCCCC/C=C\CCCCCCCCCCCCCCCCCCOC(=O)CCCCCCCCCCCCCC. The van der Waals surface area contributed by atoms with Crippen LogP contribution >= 0.6 is 0 Å². The Bertz CT molecular complexity index is 1360. The third-order valence-corrected chi connectivity index (χ3v) is 19.0. The van der Waals surface area contributed by atoms with E-state index in [4.69, 9.17) is 4.74 Å². The second-order valence-electron chi connectivity index (χ2n) is 27.8. The van der Waals surface area contributed by atoms with Crippen molar-refractivity contribution in [2.75, 3.05) is 13.2 Å². The fourth-order valence-electron chi connectivity index (χ4n) is 12.9. The summed E-state index contributed by atoms with van der Waals surface area (Å²) in [5.74, 6) is -0.0363. The smallest absolute Gasteiger partial charge is 0.305 e. The molecule has 0 aromatic rings. The maximum atomic E-state index is 12.5. The molecule has 0 bridgehead atoms. The van der Waals surface area contributed by atoms with E-state index in [0.717, 1.165) is 38.5 Å². The molecular formula is C81H157NO5. The lowest BCUT2D eigenvalue weighted by Crippen LogP contribution is -2.45. The molecule has 0 rings (SSSR count). The van der Waals surface area contributed by atoms with Crippen LogP contribution in [0.15, 0.2) is 24.3 Å². The van der Waals surface area contributed by atoms with Crippen LogP contribution in [0.2, 0.25) is 0 Å². The molecule has 0 heterocycles. The van der Waals surface area contributed by atoms with E-state index in [1.54, 1.807) is 6.08 Å². The molecule has 516 valence electrons. The molecule has 2 atom stereocenters. The van der Waals surface area contributed by atoms with Crippen LogP contribution in [-0.4, -0.2) is 47.4 Å². The van der Waals surface area contributed by atoms with E-state index in [1.165, 1.54) is 392 Å². The van der Waals surface area contributed by atoms with E-state index in [2.05, 4.69) is 31.3 Å². The maximum absolute atomic E-state index is 12.5. The summed E-state index contributed by atoms with van der Waals surface area (Å²) < 4.78 is 5.49. The van der Waals surface area contributed by atoms with E-state index in [9.17, 15) is 19.8 Å². The van der Waals surface area contributed by atoms with Gasteiger partial charge >= 0.3 is 5.97 Å². The quantitative estimate of drug-likeness (QED) is 0.0320. The van der Waals surface area contributed by atoms with Gasteiger partial charge in [-0.2, -0.15) is 0 Å². The van der Waals surface area contributed by atoms with Crippen molar-refractivity contribution in [3.8, 4) is 0 Å². The normalized spacial score (nSPS) is 12.6. The molecule has 0 saturated heterocycles. The molecule has 0 aliphatic rings. The predicted octanol–water partition coefficient (Wildman–Crippen LogP) is 26.4. The first kappa shape index (κ1) is 85.3. The minimum Gasteiger partial charge on any atom is -0.466 e. The third kappa shape index (κ3) is 73.3. The van der Waals surface area contributed by atoms with Crippen LogP contribution < -0.4 is 5.32 Å². The van der Waals surface area contributed by atoms with Gasteiger partial charge in [0, 0.05) is 12.8 Å². The van der Waals surface area contributed by atoms with E-state index < -0.39 is 12.1 Å². The highest BCUT2D eigenvalue weighted by atomic mass is 16.5. The summed E-state index contributed by atoms with van der Waals surface area (Å²) in [7, 11) is 0. The molecule has 87 heavy (non-hydrogen) atoms. The van der Waals surface area contributed by atoms with Crippen molar-refractivity contribution in [3.63, 3.8) is 0 Å². The van der Waals surface area contributed by atoms with Gasteiger partial charge in [-0.05, 0) is 57.8 Å². The van der Waals surface area contributed by atoms with Gasteiger partial charge in [0.25, 0.3) is 0 Å². The lowest BCUT2D eigenvalue weighted by molar-refractivity contribution is -0.143. The minimum atomic E-state index is -0.842. The van der Waals surface area contributed by atoms with Gasteiger partial charge in [0.1, 0.15) is 0 Å². The van der Waals surface area contributed by atoms with Gasteiger partial charge in [-0.3, -0.25) is 9.59 Å². The van der Waals surface area contributed by atoms with Crippen LogP contribution in [0.4, 0.5) is 0 Å². The van der Waals surface area contributed by atoms with Crippen molar-refractivity contribution in [1.29, 1.82) is 0 Å². The molecule has 2 unspecified atom stereocenters. The number of aliphatic hydroxyl groups excluding tert-OH is 2. The number of ether oxygens (including phenoxy) is 1. The van der Waals surface area contributed by atoms with Gasteiger partial charge in [0.15, 0.2) is 0 Å². The Morgan fingerprint density at radius 2 is 0.540 bits per heavy atom. The summed E-state index contributed by atoms with van der Waals surface area (Å²) >= 11 is 0. The molecule has 0 fully saturated rings. The molecule has 0 saturated carbocycles. The number of rotatable bonds is 76. The molecule has 0 aliphatic carbocycles. The summed E-state index contributed by atoms with van der Waals surface area (Å²) in [4.78, 5) is 24.6. The molecule has 0 aliphatic heterocycles. The van der Waals surface area contributed by atoms with Crippen molar-refractivity contribution >= 4 is 11.9 Å². The molecule has 0 aromatic heterocycles. The fourth-order valence-corrected chi connectivity index (χ4v) is 12.9. The number of aliphatic hydroxyl groups is 2. The van der Waals surface area contributed by atoms with Gasteiger partial charge in [0.2, 0.25) is 5.91 Å². The number of allylic oxidation sites excluding steroid dienone is 3. The Morgan fingerprint density at radius 3 is 0.816 bits per heavy atom. The van der Waals surface area contributed by atoms with Gasteiger partial charge in [-0.1, -0.05) is 411 Å². The first-order valence-electron chi connectivity index (χ1n) is 40.1. The minimum absolute atomic E-state index is 0.0228. The molecule has 0 spiro atoms. The lowest BCUT2D eigenvalue weighted by Gasteiger charge is -2.20. The second-order valence-corrected chi connectivity index (χ2v) is 27.8. The number of carbonyl (C=O) groups is 2. The number of esters is 1. The Kier molecular flexibility index (Phi) is 75.3. The van der Waals surface area contributed by atoms with Crippen LogP contribution in [0.5, 0.6) is 0 Å². The van der Waals surface area contributed by atoms with Crippen LogP contribution in [0, 0.1) is 0 Å². The van der Waals surface area contributed by atoms with E-state index in [0.29, 0.717) is 19.4 Å². The topological polar surface area (TPSA) is 95.9 Å². The van der Waals surface area contributed by atoms with Crippen molar-refractivity contribution < 1.29 is 24.5 Å². The monoisotopic (exact) mass is 1220 g/mol. The molecule has 1 amide bonds. The van der Waals surface area contributed by atoms with Gasteiger partial charge in [-0.25, -0.2) is 0 Å². The maximum Gasteiger partial charge on any atom is 0.305 e. The van der Waals surface area contributed by atoms with Gasteiger partial charge < -0.3 is 20.3 Å². The molecule has 6 heteroatoms. The summed E-state index contributed by atoms with van der Waals surface area (Å²) in [5.41, 5.74) is 0. The van der Waals surface area contributed by atoms with Crippen molar-refractivity contribution in [2.45, 2.75) is 469 Å². The molecule has 0 aromatic carbocycles. The highest BCUT2D eigenvalue weighted by Gasteiger charge is 2.18. The third-order valence-electron chi connectivity index (χ3n) is 19.0. The number of amides is 1. The Morgan fingerprint density at radius 1 is 0.310 bits per heavy atom. The first-order valence-corrected chi connectivity index (χ1v) is 40.1. The van der Waals surface area contributed by atoms with Crippen molar-refractivity contribution in [1.82, 2.24) is 5.32 Å². The highest BCUT2D eigenvalue weighted by Crippen LogP contribution is 2.20. The zero-order valence-corrected chi connectivity index (χ0v) is 59.3. The van der Waals surface area contributed by atoms with Crippen molar-refractivity contribution in [2.24, 2.45) is 0 Å². The van der Waals surface area contributed by atoms with Crippen LogP contribution in [-0.2, 0) is 14.3 Å². The molecule has 3 N–H and O–H groups in total. The summed E-state index contributed by atoms with van der Waals surface area (Å²) in [5, 5.41) is 23.3. The summed E-state index contributed by atoms with van der Waals surface area (Å²) in [6.07, 6.45) is 98.8. The second kappa shape index (κ2) is 76.8. The van der Waals surface area contributed by atoms with Crippen LogP contribution in [0.3, 0.4) is 0 Å². The molecule has 0 radical (unpaired) electrons. The Balaban J connectivity index is 3.35. The highest BCUT2D eigenvalue weighted by molar-refractivity contribution is 5.76. The first-order chi connectivity index (χ1) is 43.0. The summed E-state index contributed by atoms with van der Waals surface area (Å²) in [6.45, 7) is 4.96. The number of unbranched alkanes of at least 4 members (excludes halogenated alkanes) is 63. The van der Waals surface area contributed by atoms with Gasteiger partial charge in [0.05, 0.1) is 25.4 Å². The van der Waals surface area contributed by atoms with E-state index in [1.807, 2.05) is 6.08 Å². The fraction of sp³-hybridized carbons (Fsp3) is 0.926. The van der Waals surface area contributed by atoms with Crippen LogP contribution in [0.25, 0.3) is 0 Å². The average molecular weight is 1230 g/mol. The molecule has 6 nitrogen and oxygen atoms in total. The largest absolute Gasteiger partial charge is 0.466 e.